The maximum atomic E-state index is 11.5. The van der Waals surface area contributed by atoms with Crippen LogP contribution in [0.5, 0.6) is 0 Å². The van der Waals surface area contributed by atoms with Crippen molar-refractivity contribution in [1.82, 2.24) is 15.5 Å². The highest BCUT2D eigenvalue weighted by molar-refractivity contribution is 7.15. The molecule has 100 valence electrons. The number of hydrogen-bond acceptors (Lipinski definition) is 5. The first-order valence-electron chi connectivity index (χ1n) is 5.60. The molecule has 2 amide bonds. The lowest BCUT2D eigenvalue weighted by Crippen LogP contribution is -2.35. The minimum Gasteiger partial charge on any atom is -0.481 e. The highest BCUT2D eigenvalue weighted by Gasteiger charge is 2.17. The van der Waals surface area contributed by atoms with Crippen LogP contribution in [0.25, 0.3) is 0 Å². The molecule has 1 unspecified atom stereocenters. The number of rotatable bonds is 6. The first-order chi connectivity index (χ1) is 8.52. The topological polar surface area (TPSA) is 104 Å². The second-order valence-electron chi connectivity index (χ2n) is 3.79. The Morgan fingerprint density at radius 2 is 2.17 bits per heavy atom. The molecule has 0 aliphatic carbocycles. The fourth-order valence-corrected chi connectivity index (χ4v) is 1.95. The van der Waals surface area contributed by atoms with E-state index in [1.54, 1.807) is 6.92 Å². The molecule has 0 spiro atoms. The quantitative estimate of drug-likeness (QED) is 0.727. The molecule has 1 atom stereocenters. The van der Waals surface area contributed by atoms with E-state index in [0.29, 0.717) is 11.6 Å². The van der Waals surface area contributed by atoms with Gasteiger partial charge in [0, 0.05) is 6.54 Å². The lowest BCUT2D eigenvalue weighted by atomic mass is 10.0. The van der Waals surface area contributed by atoms with Crippen molar-refractivity contribution >= 4 is 28.5 Å². The molecule has 1 aromatic rings. The monoisotopic (exact) mass is 272 g/mol. The van der Waals surface area contributed by atoms with E-state index in [0.717, 1.165) is 11.4 Å². The van der Waals surface area contributed by atoms with E-state index < -0.39 is 17.9 Å². The summed E-state index contributed by atoms with van der Waals surface area (Å²) in [4.78, 5) is 22.3. The Morgan fingerprint density at radius 3 is 2.67 bits per heavy atom. The van der Waals surface area contributed by atoms with Crippen molar-refractivity contribution in [3.63, 3.8) is 0 Å². The number of nitrogens with one attached hydrogen (secondary N) is 2. The molecule has 0 radical (unpaired) electrons. The number of urea groups is 1. The van der Waals surface area contributed by atoms with Crippen molar-refractivity contribution in [2.75, 3.05) is 11.9 Å². The number of aromatic nitrogens is 2. The van der Waals surface area contributed by atoms with Crippen LogP contribution in [-0.2, 0) is 4.79 Å². The van der Waals surface area contributed by atoms with Gasteiger partial charge in [-0.2, -0.15) is 0 Å². The Balaban J connectivity index is 2.38. The van der Waals surface area contributed by atoms with Crippen LogP contribution in [0.1, 0.15) is 24.8 Å². The van der Waals surface area contributed by atoms with Crippen LogP contribution in [-0.4, -0.2) is 33.8 Å². The zero-order valence-electron chi connectivity index (χ0n) is 10.3. The fourth-order valence-electron chi connectivity index (χ4n) is 1.37. The van der Waals surface area contributed by atoms with Crippen molar-refractivity contribution in [1.29, 1.82) is 0 Å². The van der Waals surface area contributed by atoms with Gasteiger partial charge >= 0.3 is 12.0 Å². The molecule has 7 nitrogen and oxygen atoms in total. The molecule has 0 aromatic carbocycles. The average Bonchev–Trinajstić information content (AvgIpc) is 2.69. The number of anilines is 1. The number of carboxylic acids is 1. The Bertz CT molecular complexity index is 421. The molecule has 0 saturated heterocycles. The Kier molecular flexibility index (Phi) is 5.50. The lowest BCUT2D eigenvalue weighted by Gasteiger charge is -2.11. The van der Waals surface area contributed by atoms with Gasteiger partial charge in [-0.3, -0.25) is 10.1 Å². The second kappa shape index (κ2) is 6.90. The SMILES string of the molecule is CCCC(CNC(=O)Nc1nnc(C)s1)C(=O)O. The standard InChI is InChI=1S/C10H16N4O3S/c1-3-4-7(8(15)16)5-11-9(17)12-10-14-13-6(2)18-10/h7H,3-5H2,1-2H3,(H,15,16)(H2,11,12,14,17). The Hall–Kier alpha value is -1.70. The number of nitrogens with zero attached hydrogens (tertiary/aromatic N) is 2. The van der Waals surface area contributed by atoms with Crippen LogP contribution in [0.2, 0.25) is 0 Å². The normalized spacial score (nSPS) is 11.9. The zero-order chi connectivity index (χ0) is 13.5. The number of carbonyl (C=O) groups is 2. The van der Waals surface area contributed by atoms with Gasteiger partial charge in [-0.1, -0.05) is 24.7 Å². The second-order valence-corrected chi connectivity index (χ2v) is 4.97. The predicted octanol–water partition coefficient (Wildman–Crippen LogP) is 1.47. The minimum atomic E-state index is -0.899. The van der Waals surface area contributed by atoms with Gasteiger partial charge in [-0.25, -0.2) is 4.79 Å². The fraction of sp³-hybridized carbons (Fsp3) is 0.600. The molecule has 0 bridgehead atoms. The third kappa shape index (κ3) is 4.66. The number of aryl methyl sites for hydroxylation is 1. The summed E-state index contributed by atoms with van der Waals surface area (Å²) in [7, 11) is 0. The molecule has 3 N–H and O–H groups in total. The number of aliphatic carboxylic acids is 1. The third-order valence-electron chi connectivity index (χ3n) is 2.24. The van der Waals surface area contributed by atoms with Crippen molar-refractivity contribution < 1.29 is 14.7 Å². The summed E-state index contributed by atoms with van der Waals surface area (Å²) >= 11 is 1.26. The Labute approximate surface area is 109 Å². The summed E-state index contributed by atoms with van der Waals surface area (Å²) < 4.78 is 0. The number of carboxylic acid groups (broad SMARTS) is 1. The molecule has 8 heteroatoms. The highest BCUT2D eigenvalue weighted by Crippen LogP contribution is 2.13. The van der Waals surface area contributed by atoms with E-state index in [2.05, 4.69) is 20.8 Å². The van der Waals surface area contributed by atoms with Crippen LogP contribution in [0.3, 0.4) is 0 Å². The lowest BCUT2D eigenvalue weighted by molar-refractivity contribution is -0.141. The van der Waals surface area contributed by atoms with Crippen molar-refractivity contribution in [2.24, 2.45) is 5.92 Å². The predicted molar refractivity (Wildman–Crippen MR) is 67.7 cm³/mol. The molecular weight excluding hydrogens is 256 g/mol. The van der Waals surface area contributed by atoms with Gasteiger partial charge in [0.25, 0.3) is 0 Å². The van der Waals surface area contributed by atoms with E-state index in [9.17, 15) is 9.59 Å². The molecule has 0 saturated carbocycles. The highest BCUT2D eigenvalue weighted by atomic mass is 32.1. The van der Waals surface area contributed by atoms with Gasteiger partial charge in [0.1, 0.15) is 5.01 Å². The zero-order valence-corrected chi connectivity index (χ0v) is 11.1. The minimum absolute atomic E-state index is 0.104. The number of hydrogen-bond donors (Lipinski definition) is 3. The molecule has 1 aromatic heterocycles. The average molecular weight is 272 g/mol. The van der Waals surface area contributed by atoms with Crippen LogP contribution in [0.15, 0.2) is 0 Å². The van der Waals surface area contributed by atoms with Crippen molar-refractivity contribution in [3.8, 4) is 0 Å². The van der Waals surface area contributed by atoms with Gasteiger partial charge in [-0.15, -0.1) is 10.2 Å². The van der Waals surface area contributed by atoms with Crippen LogP contribution in [0, 0.1) is 12.8 Å². The number of amides is 2. The van der Waals surface area contributed by atoms with Gasteiger partial charge in [0.05, 0.1) is 5.92 Å². The van der Waals surface area contributed by atoms with Gasteiger partial charge in [0.15, 0.2) is 0 Å². The summed E-state index contributed by atoms with van der Waals surface area (Å²) in [6, 6.07) is -0.464. The van der Waals surface area contributed by atoms with E-state index in [4.69, 9.17) is 5.11 Å². The van der Waals surface area contributed by atoms with Gasteiger partial charge < -0.3 is 10.4 Å². The Morgan fingerprint density at radius 1 is 1.44 bits per heavy atom. The summed E-state index contributed by atoms with van der Waals surface area (Å²) in [6.45, 7) is 3.79. The van der Waals surface area contributed by atoms with Crippen molar-refractivity contribution in [3.05, 3.63) is 5.01 Å². The summed E-state index contributed by atoms with van der Waals surface area (Å²) in [5, 5.41) is 22.6. The van der Waals surface area contributed by atoms with Gasteiger partial charge in [-0.05, 0) is 13.3 Å². The maximum absolute atomic E-state index is 11.5. The summed E-state index contributed by atoms with van der Waals surface area (Å²) in [5.41, 5.74) is 0. The molecule has 0 aliphatic heterocycles. The summed E-state index contributed by atoms with van der Waals surface area (Å²) in [5.74, 6) is -1.46. The van der Waals surface area contributed by atoms with Crippen molar-refractivity contribution in [2.45, 2.75) is 26.7 Å². The van der Waals surface area contributed by atoms with Gasteiger partial charge in [0.2, 0.25) is 5.13 Å². The first kappa shape index (κ1) is 14.4. The van der Waals surface area contributed by atoms with E-state index in [1.807, 2.05) is 6.92 Å². The van der Waals surface area contributed by atoms with E-state index in [1.165, 1.54) is 11.3 Å². The number of carbonyl (C=O) groups excluding carboxylic acids is 1. The molecular formula is C10H16N4O3S. The molecule has 0 aliphatic rings. The summed E-state index contributed by atoms with van der Waals surface area (Å²) in [6.07, 6.45) is 1.30. The third-order valence-corrected chi connectivity index (χ3v) is 3.00. The van der Waals surface area contributed by atoms with Crippen LogP contribution in [0.4, 0.5) is 9.93 Å². The molecule has 1 rings (SSSR count). The van der Waals surface area contributed by atoms with Crippen LogP contribution < -0.4 is 10.6 Å². The first-order valence-corrected chi connectivity index (χ1v) is 6.42. The molecule has 18 heavy (non-hydrogen) atoms. The maximum Gasteiger partial charge on any atom is 0.321 e. The largest absolute Gasteiger partial charge is 0.481 e. The van der Waals surface area contributed by atoms with E-state index >= 15 is 0 Å². The smallest absolute Gasteiger partial charge is 0.321 e. The van der Waals surface area contributed by atoms with Crippen LogP contribution >= 0.6 is 11.3 Å². The molecule has 0 fully saturated rings. The van der Waals surface area contributed by atoms with E-state index in [-0.39, 0.29) is 6.54 Å². The molecule has 1 heterocycles.